The summed E-state index contributed by atoms with van der Waals surface area (Å²) in [6, 6.07) is 17.7. The van der Waals surface area contributed by atoms with Crippen LogP contribution in [0.15, 0.2) is 91.3 Å². The van der Waals surface area contributed by atoms with Gasteiger partial charge >= 0.3 is 5.91 Å². The summed E-state index contributed by atoms with van der Waals surface area (Å²) in [4.78, 5) is 21.3. The number of hydrogen-bond acceptors (Lipinski definition) is 6. The van der Waals surface area contributed by atoms with Crippen LogP contribution < -0.4 is 15.8 Å². The Morgan fingerprint density at radius 3 is 2.39 bits per heavy atom. The first-order valence-corrected chi connectivity index (χ1v) is 10.3. The van der Waals surface area contributed by atoms with Gasteiger partial charge in [-0.2, -0.15) is 0 Å². The molecule has 0 unspecified atom stereocenters. The van der Waals surface area contributed by atoms with Gasteiger partial charge < -0.3 is 20.4 Å². The van der Waals surface area contributed by atoms with Gasteiger partial charge in [0.05, 0.1) is 6.33 Å². The molecule has 2 aromatic heterocycles. The van der Waals surface area contributed by atoms with Crippen LogP contribution in [-0.4, -0.2) is 26.7 Å². The zero-order valence-electron chi connectivity index (χ0n) is 17.4. The molecular weight excluding hydrogens is 440 g/mol. The molecule has 4 aromatic rings. The molecule has 5 N–H and O–H groups in total. The van der Waals surface area contributed by atoms with E-state index in [2.05, 4.69) is 9.97 Å². The van der Waals surface area contributed by atoms with Gasteiger partial charge in [-0.15, -0.1) is 0 Å². The number of nitrogens with zero attached hydrogens (tertiary/aromatic N) is 3. The molecule has 0 aliphatic heterocycles. The van der Waals surface area contributed by atoms with Gasteiger partial charge in [0.15, 0.2) is 0 Å². The normalized spacial score (nSPS) is 11.5. The Morgan fingerprint density at radius 1 is 1.06 bits per heavy atom. The smallest absolute Gasteiger partial charge is 0.385 e. The van der Waals surface area contributed by atoms with E-state index in [9.17, 15) is 4.79 Å². The number of nitrogens with one attached hydrogen (secondary N) is 1. The number of nitrogen functional groups attached to an aromatic ring is 1. The lowest BCUT2D eigenvalue weighted by Crippen LogP contribution is -2.83. The van der Waals surface area contributed by atoms with Gasteiger partial charge in [-0.1, -0.05) is 23.7 Å². The highest BCUT2D eigenvalue weighted by molar-refractivity contribution is 6.30. The molecule has 0 atom stereocenters. The Morgan fingerprint density at radius 2 is 1.79 bits per heavy atom. The Kier molecular flexibility index (Phi) is 6.58. The molecule has 9 heteroatoms. The van der Waals surface area contributed by atoms with E-state index in [4.69, 9.17) is 27.5 Å². The van der Waals surface area contributed by atoms with Gasteiger partial charge in [0.1, 0.15) is 23.0 Å². The minimum atomic E-state index is -0.406. The molecule has 2 heterocycles. The van der Waals surface area contributed by atoms with E-state index >= 15 is 0 Å². The highest BCUT2D eigenvalue weighted by atomic mass is 35.5. The van der Waals surface area contributed by atoms with Crippen LogP contribution in [0.25, 0.3) is 16.8 Å². The number of rotatable bonds is 7. The molecule has 0 saturated heterocycles. The lowest BCUT2D eigenvalue weighted by atomic mass is 10.1. The van der Waals surface area contributed by atoms with E-state index < -0.39 is 5.91 Å². The van der Waals surface area contributed by atoms with Crippen LogP contribution in [0.2, 0.25) is 5.02 Å². The molecule has 8 nitrogen and oxygen atoms in total. The maximum absolute atomic E-state index is 13.2. The second kappa shape index (κ2) is 9.90. The number of halogens is 1. The summed E-state index contributed by atoms with van der Waals surface area (Å²) in [6.07, 6.45) is 7.43. The fourth-order valence-corrected chi connectivity index (χ4v) is 3.20. The third-order valence-electron chi connectivity index (χ3n) is 4.74. The Bertz CT molecular complexity index is 1280. The number of anilines is 1. The third kappa shape index (κ3) is 5.32. The molecule has 164 valence electrons. The molecule has 0 fully saturated rings. The standard InChI is InChI=1S/C24H19ClN6O2/c25-18-4-6-19(7-5-18)30-24(32)23(21(13-26)31-12-11-28-15-31)33-20-8-1-16(2-9-20)17-3-10-22(27)29-14-17/h1-15,26H,(H2,27,29)(H,30,32)/p+1. The number of aromatic nitrogens is 3. The van der Waals surface area contributed by atoms with Crippen LogP contribution in [0.5, 0.6) is 5.75 Å². The highest BCUT2D eigenvalue weighted by Crippen LogP contribution is 2.24. The first kappa shape index (κ1) is 21.9. The van der Waals surface area contributed by atoms with Gasteiger partial charge in [-0.05, 0) is 42.0 Å². The molecule has 0 spiro atoms. The zero-order valence-corrected chi connectivity index (χ0v) is 18.1. The number of primary amides is 1. The number of carbonyl (C=O) groups excluding carboxylic acids is 1. The Balaban J connectivity index is 1.65. The number of hydrogen-bond donors (Lipinski definition) is 3. The molecule has 2 aromatic carbocycles. The number of nitrogens with two attached hydrogens (primary N) is 2. The molecular formula is C24H20ClN6O2+. The topological polar surface area (TPSA) is 123 Å². The van der Waals surface area contributed by atoms with Crippen molar-refractivity contribution in [1.82, 2.24) is 14.5 Å². The fraction of sp³-hybridized carbons (Fsp3) is 0. The molecule has 0 bridgehead atoms. The van der Waals surface area contributed by atoms with Crippen molar-refractivity contribution in [3.05, 3.63) is 96.4 Å². The summed E-state index contributed by atoms with van der Waals surface area (Å²) in [7, 11) is 0. The Labute approximate surface area is 194 Å². The monoisotopic (exact) mass is 459 g/mol. The summed E-state index contributed by atoms with van der Waals surface area (Å²) >= 11 is 5.94. The van der Waals surface area contributed by atoms with Gasteiger partial charge in [0.2, 0.25) is 0 Å². The summed E-state index contributed by atoms with van der Waals surface area (Å²) in [6.45, 7) is 0. The molecule has 0 radical (unpaired) electrons. The molecule has 4 rings (SSSR count). The number of ether oxygens (including phenoxy) is 1. The van der Waals surface area contributed by atoms with E-state index in [0.717, 1.165) is 17.3 Å². The quantitative estimate of drug-likeness (QED) is 0.169. The molecule has 0 aliphatic carbocycles. The molecule has 0 aliphatic rings. The van der Waals surface area contributed by atoms with E-state index in [1.54, 1.807) is 65.6 Å². The van der Waals surface area contributed by atoms with Gasteiger partial charge in [0.25, 0.3) is 5.76 Å². The first-order valence-electron chi connectivity index (χ1n) is 9.91. The predicted molar refractivity (Wildman–Crippen MR) is 127 cm³/mol. The average molecular weight is 460 g/mol. The summed E-state index contributed by atoms with van der Waals surface area (Å²) in [5, 5.41) is 9.89. The third-order valence-corrected chi connectivity index (χ3v) is 4.99. The van der Waals surface area contributed by atoms with Gasteiger partial charge in [-0.25, -0.2) is 20.1 Å². The van der Waals surface area contributed by atoms with Crippen molar-refractivity contribution in [1.29, 1.82) is 5.41 Å². The average Bonchev–Trinajstić information content (AvgIpc) is 3.36. The minimum Gasteiger partial charge on any atom is -0.446 e. The SMILES string of the molecule is N=CC(=C(Oc1ccc(-c2ccc(N)nc2)cc1)C(=O)[NH2+]c1ccc(Cl)cc1)n1ccnc1. The number of carbonyl (C=O) groups is 1. The van der Waals surface area contributed by atoms with Gasteiger partial charge in [-0.3, -0.25) is 0 Å². The van der Waals surface area contributed by atoms with Crippen LogP contribution >= 0.6 is 11.6 Å². The van der Waals surface area contributed by atoms with Crippen LogP contribution in [-0.2, 0) is 4.79 Å². The van der Waals surface area contributed by atoms with Crippen molar-refractivity contribution in [2.45, 2.75) is 0 Å². The van der Waals surface area contributed by atoms with Gasteiger partial charge in [0, 0.05) is 47.5 Å². The number of pyridine rings is 1. The van der Waals surface area contributed by atoms with E-state index in [1.807, 2.05) is 18.2 Å². The molecule has 0 saturated carbocycles. The van der Waals surface area contributed by atoms with E-state index in [-0.39, 0.29) is 11.5 Å². The van der Waals surface area contributed by atoms with Crippen molar-refractivity contribution >= 4 is 40.9 Å². The van der Waals surface area contributed by atoms with Crippen LogP contribution in [0.3, 0.4) is 0 Å². The van der Waals surface area contributed by atoms with Crippen molar-refractivity contribution < 1.29 is 14.8 Å². The number of imidazole rings is 1. The second-order valence-corrected chi connectivity index (χ2v) is 7.42. The number of allylic oxidation sites excluding steroid dienone is 1. The van der Waals surface area contributed by atoms with E-state index in [1.165, 1.54) is 11.6 Å². The fourth-order valence-electron chi connectivity index (χ4n) is 3.07. The predicted octanol–water partition coefficient (Wildman–Crippen LogP) is 3.50. The lowest BCUT2D eigenvalue weighted by Gasteiger charge is -2.12. The van der Waals surface area contributed by atoms with Crippen molar-refractivity contribution in [3.8, 4) is 16.9 Å². The second-order valence-electron chi connectivity index (χ2n) is 6.99. The maximum Gasteiger partial charge on any atom is 0.385 e. The molecule has 33 heavy (non-hydrogen) atoms. The van der Waals surface area contributed by atoms with Crippen LogP contribution in [0.4, 0.5) is 11.5 Å². The van der Waals surface area contributed by atoms with Crippen molar-refractivity contribution in [3.63, 3.8) is 0 Å². The summed E-state index contributed by atoms with van der Waals surface area (Å²) in [5.41, 5.74) is 8.38. The first-order chi connectivity index (χ1) is 16.0. The van der Waals surface area contributed by atoms with Crippen LogP contribution in [0.1, 0.15) is 0 Å². The number of amides is 1. The minimum absolute atomic E-state index is 0.0140. The molecule has 1 amide bonds. The number of benzene rings is 2. The van der Waals surface area contributed by atoms with E-state index in [0.29, 0.717) is 22.3 Å². The Hall–Kier alpha value is -4.27. The maximum atomic E-state index is 13.2. The number of quaternary nitrogens is 1. The van der Waals surface area contributed by atoms with Crippen LogP contribution in [0, 0.1) is 5.41 Å². The summed E-state index contributed by atoms with van der Waals surface area (Å²) in [5.74, 6) is 0.466. The van der Waals surface area contributed by atoms with Crippen molar-refractivity contribution in [2.75, 3.05) is 5.73 Å². The largest absolute Gasteiger partial charge is 0.446 e. The highest BCUT2D eigenvalue weighted by Gasteiger charge is 2.23. The lowest BCUT2D eigenvalue weighted by molar-refractivity contribution is -0.480. The van der Waals surface area contributed by atoms with Crippen molar-refractivity contribution in [2.24, 2.45) is 0 Å². The zero-order chi connectivity index (χ0) is 23.2. The summed E-state index contributed by atoms with van der Waals surface area (Å²) < 4.78 is 7.54.